The molecule has 0 spiro atoms. The molecule has 1 N–H and O–H groups in total. The van der Waals surface area contributed by atoms with E-state index < -0.39 is 0 Å². The average molecular weight is 254 g/mol. The van der Waals surface area contributed by atoms with Crippen molar-refractivity contribution in [1.29, 1.82) is 0 Å². The minimum Gasteiger partial charge on any atom is -0.396 e. The van der Waals surface area contributed by atoms with Gasteiger partial charge in [0.05, 0.1) is 0 Å². The molecular formula is C14H26N2O2. The number of likely N-dealkylation sites (N-methyl/N-ethyl adjacent to an activating group) is 1. The first-order valence-corrected chi connectivity index (χ1v) is 7.13. The van der Waals surface area contributed by atoms with Crippen LogP contribution in [-0.2, 0) is 4.79 Å². The summed E-state index contributed by atoms with van der Waals surface area (Å²) in [4.78, 5) is 16.4. The first-order chi connectivity index (χ1) is 8.54. The smallest absolute Gasteiger partial charge is 0.222 e. The molecule has 1 atom stereocenters. The normalized spacial score (nSPS) is 27.3. The molecule has 0 radical (unpaired) electrons. The van der Waals surface area contributed by atoms with Crippen molar-refractivity contribution < 1.29 is 9.90 Å². The van der Waals surface area contributed by atoms with Crippen LogP contribution in [0.15, 0.2) is 0 Å². The SMILES string of the molecule is CN1CCN(C(=O)CCC2(C)CC2)C[C@@H]1CCO. The summed E-state index contributed by atoms with van der Waals surface area (Å²) in [5.74, 6) is 0.305. The predicted molar refractivity (Wildman–Crippen MR) is 71.3 cm³/mol. The van der Waals surface area contributed by atoms with Crippen LogP contribution in [0.25, 0.3) is 0 Å². The maximum Gasteiger partial charge on any atom is 0.222 e. The lowest BCUT2D eigenvalue weighted by atomic mass is 10.0. The molecule has 1 saturated carbocycles. The third kappa shape index (κ3) is 3.45. The highest BCUT2D eigenvalue weighted by Gasteiger charge is 2.37. The number of nitrogens with zero attached hydrogens (tertiary/aromatic N) is 2. The van der Waals surface area contributed by atoms with Crippen molar-refractivity contribution in [2.24, 2.45) is 5.41 Å². The summed E-state index contributed by atoms with van der Waals surface area (Å²) < 4.78 is 0. The van der Waals surface area contributed by atoms with E-state index in [-0.39, 0.29) is 6.61 Å². The largest absolute Gasteiger partial charge is 0.396 e. The Morgan fingerprint density at radius 1 is 1.39 bits per heavy atom. The van der Waals surface area contributed by atoms with E-state index in [0.717, 1.165) is 32.5 Å². The fraction of sp³-hybridized carbons (Fsp3) is 0.929. The molecule has 0 aromatic heterocycles. The standard InChI is InChI=1S/C14H26N2O2/c1-14(6-7-14)5-3-13(18)16-9-8-15(2)12(11-16)4-10-17/h12,17H,3-11H2,1-2H3/t12-/m0/s1. The van der Waals surface area contributed by atoms with Gasteiger partial charge in [-0.05, 0) is 38.1 Å². The maximum absolute atomic E-state index is 12.2. The second kappa shape index (κ2) is 5.57. The molecule has 104 valence electrons. The highest BCUT2D eigenvalue weighted by molar-refractivity contribution is 5.76. The monoisotopic (exact) mass is 254 g/mol. The number of hydrogen-bond acceptors (Lipinski definition) is 3. The number of amides is 1. The Hall–Kier alpha value is -0.610. The fourth-order valence-electron chi connectivity index (χ4n) is 2.66. The Labute approximate surface area is 110 Å². The highest BCUT2D eigenvalue weighted by Crippen LogP contribution is 2.48. The second-order valence-corrected chi connectivity index (χ2v) is 6.30. The van der Waals surface area contributed by atoms with Crippen LogP contribution in [0.1, 0.15) is 39.0 Å². The van der Waals surface area contributed by atoms with Crippen molar-refractivity contribution in [3.63, 3.8) is 0 Å². The van der Waals surface area contributed by atoms with Gasteiger partial charge in [-0.2, -0.15) is 0 Å². The first-order valence-electron chi connectivity index (χ1n) is 7.13. The van der Waals surface area contributed by atoms with Crippen molar-refractivity contribution in [2.75, 3.05) is 33.3 Å². The molecule has 0 bridgehead atoms. The fourth-order valence-corrected chi connectivity index (χ4v) is 2.66. The Bertz CT molecular complexity index is 302. The maximum atomic E-state index is 12.2. The van der Waals surface area contributed by atoms with Crippen molar-refractivity contribution >= 4 is 5.91 Å². The lowest BCUT2D eigenvalue weighted by Gasteiger charge is -2.39. The number of aliphatic hydroxyl groups excluding tert-OH is 1. The summed E-state index contributed by atoms with van der Waals surface area (Å²) in [5.41, 5.74) is 0.465. The Morgan fingerprint density at radius 3 is 2.72 bits per heavy atom. The number of carbonyl (C=O) groups is 1. The zero-order chi connectivity index (χ0) is 13.2. The molecule has 2 fully saturated rings. The average Bonchev–Trinajstić information content (AvgIpc) is 3.08. The summed E-state index contributed by atoms with van der Waals surface area (Å²) in [7, 11) is 2.08. The predicted octanol–water partition coefficient (Wildman–Crippen LogP) is 1.09. The number of rotatable bonds is 5. The lowest BCUT2D eigenvalue weighted by Crippen LogP contribution is -2.53. The van der Waals surface area contributed by atoms with Crippen LogP contribution in [0.4, 0.5) is 0 Å². The molecule has 4 heteroatoms. The van der Waals surface area contributed by atoms with Gasteiger partial charge < -0.3 is 10.0 Å². The van der Waals surface area contributed by atoms with Crippen LogP contribution in [-0.4, -0.2) is 60.1 Å². The van der Waals surface area contributed by atoms with Crippen LogP contribution < -0.4 is 0 Å². The summed E-state index contributed by atoms with van der Waals surface area (Å²) in [6.45, 7) is 5.03. The van der Waals surface area contributed by atoms with Crippen molar-refractivity contribution in [1.82, 2.24) is 9.80 Å². The number of piperazine rings is 1. The molecule has 1 aliphatic carbocycles. The molecule has 0 aromatic rings. The topological polar surface area (TPSA) is 43.8 Å². The minimum absolute atomic E-state index is 0.203. The Morgan fingerprint density at radius 2 is 2.11 bits per heavy atom. The number of aliphatic hydroxyl groups is 1. The summed E-state index contributed by atoms with van der Waals surface area (Å²) in [5, 5.41) is 9.05. The van der Waals surface area contributed by atoms with Crippen molar-refractivity contribution in [3.8, 4) is 0 Å². The van der Waals surface area contributed by atoms with Crippen LogP contribution in [0.5, 0.6) is 0 Å². The van der Waals surface area contributed by atoms with E-state index in [2.05, 4.69) is 18.9 Å². The minimum atomic E-state index is 0.203. The lowest BCUT2D eigenvalue weighted by molar-refractivity contribution is -0.134. The zero-order valence-corrected chi connectivity index (χ0v) is 11.7. The summed E-state index contributed by atoms with van der Waals surface area (Å²) in [6, 6.07) is 0.323. The molecule has 2 rings (SSSR count). The molecule has 1 heterocycles. The van der Waals surface area contributed by atoms with Gasteiger partial charge in [-0.1, -0.05) is 6.92 Å². The van der Waals surface area contributed by atoms with Gasteiger partial charge in [-0.3, -0.25) is 9.69 Å². The molecule has 2 aliphatic rings. The van der Waals surface area contributed by atoms with Crippen LogP contribution in [0.3, 0.4) is 0 Å². The Balaban J connectivity index is 1.78. The molecule has 0 unspecified atom stereocenters. The number of carbonyl (C=O) groups excluding carboxylic acids is 1. The van der Waals surface area contributed by atoms with Crippen molar-refractivity contribution in [3.05, 3.63) is 0 Å². The van der Waals surface area contributed by atoms with E-state index in [9.17, 15) is 4.79 Å². The quantitative estimate of drug-likeness (QED) is 0.799. The van der Waals surface area contributed by atoms with E-state index in [1.54, 1.807) is 0 Å². The highest BCUT2D eigenvalue weighted by atomic mass is 16.3. The third-order valence-corrected chi connectivity index (χ3v) is 4.64. The molecule has 4 nitrogen and oxygen atoms in total. The van der Waals surface area contributed by atoms with E-state index in [1.807, 2.05) is 4.90 Å². The van der Waals surface area contributed by atoms with Gasteiger partial charge in [0.25, 0.3) is 0 Å². The van der Waals surface area contributed by atoms with Gasteiger partial charge >= 0.3 is 0 Å². The molecular weight excluding hydrogens is 228 g/mol. The van der Waals surface area contributed by atoms with E-state index in [4.69, 9.17) is 5.11 Å². The molecule has 18 heavy (non-hydrogen) atoms. The molecule has 1 saturated heterocycles. The molecule has 0 aromatic carbocycles. The van der Waals surface area contributed by atoms with Crippen molar-refractivity contribution in [2.45, 2.75) is 45.1 Å². The van der Waals surface area contributed by atoms with Gasteiger partial charge in [-0.15, -0.1) is 0 Å². The second-order valence-electron chi connectivity index (χ2n) is 6.30. The third-order valence-electron chi connectivity index (χ3n) is 4.64. The van der Waals surface area contributed by atoms with Gasteiger partial charge in [0, 0.05) is 38.7 Å². The van der Waals surface area contributed by atoms with Gasteiger partial charge in [0.1, 0.15) is 0 Å². The molecule has 1 amide bonds. The zero-order valence-electron chi connectivity index (χ0n) is 11.7. The van der Waals surface area contributed by atoms with Crippen LogP contribution in [0, 0.1) is 5.41 Å². The first kappa shape index (κ1) is 13.8. The van der Waals surface area contributed by atoms with Gasteiger partial charge in [0.2, 0.25) is 5.91 Å². The van der Waals surface area contributed by atoms with Crippen LogP contribution in [0.2, 0.25) is 0 Å². The van der Waals surface area contributed by atoms with Gasteiger partial charge in [-0.25, -0.2) is 0 Å². The summed E-state index contributed by atoms with van der Waals surface area (Å²) in [6.07, 6.45) is 5.08. The number of hydrogen-bond donors (Lipinski definition) is 1. The molecule has 1 aliphatic heterocycles. The summed E-state index contributed by atoms with van der Waals surface area (Å²) >= 11 is 0. The van der Waals surface area contributed by atoms with Crippen LogP contribution >= 0.6 is 0 Å². The van der Waals surface area contributed by atoms with E-state index >= 15 is 0 Å². The van der Waals surface area contributed by atoms with E-state index in [0.29, 0.717) is 23.8 Å². The van der Waals surface area contributed by atoms with Gasteiger partial charge in [0.15, 0.2) is 0 Å². The van der Waals surface area contributed by atoms with E-state index in [1.165, 1.54) is 12.8 Å². The Kier molecular flexibility index (Phi) is 4.28.